The first-order valence-corrected chi connectivity index (χ1v) is 7.16. The first kappa shape index (κ1) is 12.5. The molecular formula is C13H16N4OS. The third kappa shape index (κ3) is 2.34. The molecule has 100 valence electrons. The number of aromatic nitrogens is 2. The van der Waals surface area contributed by atoms with Crippen molar-refractivity contribution in [3.05, 3.63) is 28.3 Å². The van der Waals surface area contributed by atoms with Crippen molar-refractivity contribution >= 4 is 17.2 Å². The molecule has 0 amide bonds. The van der Waals surface area contributed by atoms with Crippen LogP contribution in [0.25, 0.3) is 10.7 Å². The summed E-state index contributed by atoms with van der Waals surface area (Å²) in [4.78, 5) is 11.6. The van der Waals surface area contributed by atoms with Crippen LogP contribution in [0.3, 0.4) is 0 Å². The highest BCUT2D eigenvalue weighted by Crippen LogP contribution is 2.29. The predicted octanol–water partition coefficient (Wildman–Crippen LogP) is 2.13. The SMILES string of the molecule is CCc1ccc(-c2nc3c(c(NN)n2)COCC3)s1. The molecule has 6 heteroatoms. The number of nitrogen functional groups attached to an aromatic ring is 1. The highest BCUT2D eigenvalue weighted by atomic mass is 32.1. The molecule has 2 aromatic heterocycles. The average Bonchev–Trinajstić information content (AvgIpc) is 2.95. The number of anilines is 1. The number of fused-ring (bicyclic) bond motifs is 1. The van der Waals surface area contributed by atoms with E-state index in [4.69, 9.17) is 10.6 Å². The number of thiophene rings is 1. The summed E-state index contributed by atoms with van der Waals surface area (Å²) in [6, 6.07) is 4.20. The lowest BCUT2D eigenvalue weighted by atomic mass is 10.1. The minimum absolute atomic E-state index is 0.528. The van der Waals surface area contributed by atoms with Gasteiger partial charge in [0.25, 0.3) is 0 Å². The molecule has 0 aliphatic carbocycles. The molecule has 0 spiro atoms. The van der Waals surface area contributed by atoms with Gasteiger partial charge in [-0.05, 0) is 18.6 Å². The minimum Gasteiger partial charge on any atom is -0.376 e. The van der Waals surface area contributed by atoms with Crippen LogP contribution >= 0.6 is 11.3 Å². The van der Waals surface area contributed by atoms with Crippen LogP contribution in [0.1, 0.15) is 23.1 Å². The zero-order valence-electron chi connectivity index (χ0n) is 10.8. The normalized spacial score (nSPS) is 14.2. The molecule has 3 rings (SSSR count). The van der Waals surface area contributed by atoms with E-state index in [1.807, 2.05) is 0 Å². The molecule has 0 fully saturated rings. The number of nitrogens with two attached hydrogens (primary N) is 1. The fraction of sp³-hybridized carbons (Fsp3) is 0.385. The number of hydrogen-bond donors (Lipinski definition) is 2. The van der Waals surface area contributed by atoms with Crippen LogP contribution in [-0.2, 0) is 24.2 Å². The van der Waals surface area contributed by atoms with E-state index in [-0.39, 0.29) is 0 Å². The van der Waals surface area contributed by atoms with E-state index in [1.165, 1.54) is 4.88 Å². The maximum absolute atomic E-state index is 5.56. The second-order valence-electron chi connectivity index (χ2n) is 4.39. The Morgan fingerprint density at radius 3 is 3.05 bits per heavy atom. The lowest BCUT2D eigenvalue weighted by Gasteiger charge is -2.18. The van der Waals surface area contributed by atoms with Gasteiger partial charge in [-0.15, -0.1) is 11.3 Å². The minimum atomic E-state index is 0.528. The largest absolute Gasteiger partial charge is 0.376 e. The lowest BCUT2D eigenvalue weighted by molar-refractivity contribution is 0.109. The second kappa shape index (κ2) is 5.24. The fourth-order valence-electron chi connectivity index (χ4n) is 2.15. The molecule has 1 aliphatic heterocycles. The zero-order valence-corrected chi connectivity index (χ0v) is 11.6. The Morgan fingerprint density at radius 1 is 1.42 bits per heavy atom. The molecule has 1 aliphatic rings. The number of ether oxygens (including phenoxy) is 1. The molecule has 0 saturated heterocycles. The Morgan fingerprint density at radius 2 is 2.32 bits per heavy atom. The molecular weight excluding hydrogens is 260 g/mol. The number of nitrogens with zero attached hydrogens (tertiary/aromatic N) is 2. The summed E-state index contributed by atoms with van der Waals surface area (Å²) in [5.41, 5.74) is 4.67. The first-order valence-electron chi connectivity index (χ1n) is 6.35. The number of hydrogen-bond acceptors (Lipinski definition) is 6. The van der Waals surface area contributed by atoms with E-state index < -0.39 is 0 Å². The molecule has 2 aromatic rings. The first-order chi connectivity index (χ1) is 9.31. The summed E-state index contributed by atoms with van der Waals surface area (Å²) in [6.45, 7) is 3.38. The number of rotatable bonds is 3. The Labute approximate surface area is 115 Å². The van der Waals surface area contributed by atoms with Crippen LogP contribution in [0.2, 0.25) is 0 Å². The van der Waals surface area contributed by atoms with E-state index in [0.717, 1.165) is 34.8 Å². The van der Waals surface area contributed by atoms with Gasteiger partial charge in [0, 0.05) is 16.9 Å². The summed E-state index contributed by atoms with van der Waals surface area (Å²) in [5, 5.41) is 0. The average molecular weight is 276 g/mol. The maximum atomic E-state index is 5.56. The zero-order chi connectivity index (χ0) is 13.2. The predicted molar refractivity (Wildman–Crippen MR) is 75.9 cm³/mol. The molecule has 0 aromatic carbocycles. The van der Waals surface area contributed by atoms with Crippen molar-refractivity contribution < 1.29 is 4.74 Å². The number of aryl methyl sites for hydroxylation is 1. The van der Waals surface area contributed by atoms with Crippen molar-refractivity contribution in [1.82, 2.24) is 9.97 Å². The van der Waals surface area contributed by atoms with Gasteiger partial charge in [-0.2, -0.15) is 0 Å². The Balaban J connectivity index is 2.06. The van der Waals surface area contributed by atoms with Crippen LogP contribution in [-0.4, -0.2) is 16.6 Å². The van der Waals surface area contributed by atoms with Gasteiger partial charge in [-0.25, -0.2) is 15.8 Å². The number of hydrazine groups is 1. The summed E-state index contributed by atoms with van der Waals surface area (Å²) in [7, 11) is 0. The molecule has 0 atom stereocenters. The lowest BCUT2D eigenvalue weighted by Crippen LogP contribution is -2.19. The molecule has 19 heavy (non-hydrogen) atoms. The highest BCUT2D eigenvalue weighted by molar-refractivity contribution is 7.15. The van der Waals surface area contributed by atoms with Crippen molar-refractivity contribution in [1.29, 1.82) is 0 Å². The van der Waals surface area contributed by atoms with E-state index in [2.05, 4.69) is 34.5 Å². The molecule has 5 nitrogen and oxygen atoms in total. The van der Waals surface area contributed by atoms with Crippen LogP contribution < -0.4 is 11.3 Å². The number of nitrogens with one attached hydrogen (secondary N) is 1. The fourth-order valence-corrected chi connectivity index (χ4v) is 3.03. The molecule has 3 heterocycles. The Kier molecular flexibility index (Phi) is 3.46. The Bertz CT molecular complexity index is 579. The summed E-state index contributed by atoms with van der Waals surface area (Å²) >= 11 is 1.73. The van der Waals surface area contributed by atoms with Crippen LogP contribution in [0.4, 0.5) is 5.82 Å². The van der Waals surface area contributed by atoms with Crippen molar-refractivity contribution in [2.45, 2.75) is 26.4 Å². The van der Waals surface area contributed by atoms with Gasteiger partial charge >= 0.3 is 0 Å². The molecule has 0 bridgehead atoms. The third-order valence-corrected chi connectivity index (χ3v) is 4.42. The van der Waals surface area contributed by atoms with Gasteiger partial charge in [0.2, 0.25) is 0 Å². The van der Waals surface area contributed by atoms with E-state index in [1.54, 1.807) is 11.3 Å². The van der Waals surface area contributed by atoms with Crippen LogP contribution in [0, 0.1) is 0 Å². The smallest absolute Gasteiger partial charge is 0.171 e. The molecule has 0 saturated carbocycles. The Hall–Kier alpha value is -1.50. The van der Waals surface area contributed by atoms with Crippen molar-refractivity contribution in [3.8, 4) is 10.7 Å². The van der Waals surface area contributed by atoms with Gasteiger partial charge in [0.1, 0.15) is 5.82 Å². The van der Waals surface area contributed by atoms with Crippen molar-refractivity contribution in [2.24, 2.45) is 5.84 Å². The standard InChI is InChI=1S/C13H16N4OS/c1-2-8-3-4-11(19-8)13-15-10-5-6-18-7-9(10)12(16-13)17-14/h3-4H,2,5-7,14H2,1H3,(H,15,16,17). The van der Waals surface area contributed by atoms with E-state index in [0.29, 0.717) is 19.0 Å². The van der Waals surface area contributed by atoms with E-state index in [9.17, 15) is 0 Å². The van der Waals surface area contributed by atoms with E-state index >= 15 is 0 Å². The van der Waals surface area contributed by atoms with Crippen molar-refractivity contribution in [3.63, 3.8) is 0 Å². The quantitative estimate of drug-likeness (QED) is 0.663. The maximum Gasteiger partial charge on any atom is 0.171 e. The van der Waals surface area contributed by atoms with Crippen LogP contribution in [0.15, 0.2) is 12.1 Å². The molecule has 3 N–H and O–H groups in total. The monoisotopic (exact) mass is 276 g/mol. The summed E-state index contributed by atoms with van der Waals surface area (Å²) in [6.07, 6.45) is 1.84. The van der Waals surface area contributed by atoms with Gasteiger partial charge < -0.3 is 10.2 Å². The topological polar surface area (TPSA) is 73.1 Å². The molecule has 0 unspecified atom stereocenters. The summed E-state index contributed by atoms with van der Waals surface area (Å²) < 4.78 is 5.43. The highest BCUT2D eigenvalue weighted by Gasteiger charge is 2.19. The van der Waals surface area contributed by atoms with Crippen LogP contribution in [0.5, 0.6) is 0 Å². The van der Waals surface area contributed by atoms with Gasteiger partial charge in [-0.3, -0.25) is 0 Å². The van der Waals surface area contributed by atoms with Crippen molar-refractivity contribution in [2.75, 3.05) is 12.0 Å². The molecule has 0 radical (unpaired) electrons. The second-order valence-corrected chi connectivity index (χ2v) is 5.56. The third-order valence-electron chi connectivity index (χ3n) is 3.19. The summed E-state index contributed by atoms with van der Waals surface area (Å²) in [5.74, 6) is 6.98. The van der Waals surface area contributed by atoms with Gasteiger partial charge in [0.15, 0.2) is 5.82 Å². The van der Waals surface area contributed by atoms with Gasteiger partial charge in [-0.1, -0.05) is 6.92 Å². The van der Waals surface area contributed by atoms with Gasteiger partial charge in [0.05, 0.1) is 23.8 Å².